The largest absolute Gasteiger partial charge is 0.397 e. The van der Waals surface area contributed by atoms with Crippen molar-refractivity contribution in [3.05, 3.63) is 54.5 Å². The summed E-state index contributed by atoms with van der Waals surface area (Å²) in [5.74, 6) is 0.788. The van der Waals surface area contributed by atoms with Crippen LogP contribution in [0.4, 0.5) is 17.2 Å². The van der Waals surface area contributed by atoms with Gasteiger partial charge >= 0.3 is 0 Å². The zero-order valence-corrected chi connectivity index (χ0v) is 10.6. The number of nitrogens with two attached hydrogens (primary N) is 1. The van der Waals surface area contributed by atoms with Gasteiger partial charge in [-0.3, -0.25) is 4.98 Å². The summed E-state index contributed by atoms with van der Waals surface area (Å²) in [4.78, 5) is 8.55. The average molecular weight is 250 g/mol. The predicted octanol–water partition coefficient (Wildman–Crippen LogP) is 3.26. The van der Waals surface area contributed by atoms with E-state index in [0.29, 0.717) is 5.69 Å². The maximum Gasteiger partial charge on any atom is 0.130 e. The highest BCUT2D eigenvalue weighted by atomic mass is 15.0. The SMILES string of the molecule is Cc1nc(Nc2cccc3cnccc23)ccc1N. The molecule has 0 saturated carbocycles. The van der Waals surface area contributed by atoms with E-state index in [1.807, 2.05) is 49.5 Å². The van der Waals surface area contributed by atoms with E-state index in [4.69, 9.17) is 5.73 Å². The van der Waals surface area contributed by atoms with Crippen LogP contribution in [0.15, 0.2) is 48.8 Å². The highest BCUT2D eigenvalue weighted by molar-refractivity contribution is 5.94. The summed E-state index contributed by atoms with van der Waals surface area (Å²) in [5.41, 5.74) is 8.31. The Kier molecular flexibility index (Phi) is 2.76. The summed E-state index contributed by atoms with van der Waals surface area (Å²) in [6.45, 7) is 1.90. The van der Waals surface area contributed by atoms with Gasteiger partial charge in [0.05, 0.1) is 11.4 Å². The predicted molar refractivity (Wildman–Crippen MR) is 78.4 cm³/mol. The van der Waals surface area contributed by atoms with Gasteiger partial charge in [-0.15, -0.1) is 0 Å². The standard InChI is InChI=1S/C15H14N4/c1-10-13(16)5-6-15(18-10)19-14-4-2-3-11-9-17-8-7-12(11)14/h2-9H,16H2,1H3,(H,18,19). The van der Waals surface area contributed by atoms with E-state index in [1.165, 1.54) is 0 Å². The Labute approximate surface area is 111 Å². The molecule has 0 bridgehead atoms. The molecule has 0 unspecified atom stereocenters. The molecule has 0 amide bonds. The molecular formula is C15H14N4. The first-order valence-corrected chi connectivity index (χ1v) is 6.07. The summed E-state index contributed by atoms with van der Waals surface area (Å²) in [5, 5.41) is 5.54. The highest BCUT2D eigenvalue weighted by Crippen LogP contribution is 2.25. The minimum Gasteiger partial charge on any atom is -0.397 e. The molecule has 3 rings (SSSR count). The molecule has 0 radical (unpaired) electrons. The van der Waals surface area contributed by atoms with Crippen LogP contribution in [0.1, 0.15) is 5.69 Å². The number of nitrogen functional groups attached to an aromatic ring is 1. The van der Waals surface area contributed by atoms with Crippen LogP contribution in [-0.2, 0) is 0 Å². The molecule has 0 aliphatic heterocycles. The van der Waals surface area contributed by atoms with Gasteiger partial charge in [0.15, 0.2) is 0 Å². The van der Waals surface area contributed by atoms with Gasteiger partial charge in [-0.1, -0.05) is 12.1 Å². The number of pyridine rings is 2. The molecule has 0 spiro atoms. The van der Waals surface area contributed by atoms with Crippen molar-refractivity contribution in [3.63, 3.8) is 0 Å². The number of fused-ring (bicyclic) bond motifs is 1. The Morgan fingerprint density at radius 1 is 1.11 bits per heavy atom. The normalized spacial score (nSPS) is 10.6. The van der Waals surface area contributed by atoms with Gasteiger partial charge in [0.1, 0.15) is 5.82 Å². The van der Waals surface area contributed by atoms with Crippen LogP contribution in [0.2, 0.25) is 0 Å². The number of nitrogens with one attached hydrogen (secondary N) is 1. The fourth-order valence-corrected chi connectivity index (χ4v) is 2.01. The van der Waals surface area contributed by atoms with Crippen LogP contribution < -0.4 is 11.1 Å². The molecule has 3 aromatic rings. The van der Waals surface area contributed by atoms with E-state index in [1.54, 1.807) is 6.20 Å². The van der Waals surface area contributed by atoms with Gasteiger partial charge in [0.25, 0.3) is 0 Å². The molecule has 0 fully saturated rings. The van der Waals surface area contributed by atoms with Crippen LogP contribution in [-0.4, -0.2) is 9.97 Å². The lowest BCUT2D eigenvalue weighted by Gasteiger charge is -2.10. The molecule has 2 aromatic heterocycles. The Bertz CT molecular complexity index is 732. The number of anilines is 3. The van der Waals surface area contributed by atoms with Gasteiger partial charge in [0.2, 0.25) is 0 Å². The molecule has 3 N–H and O–H groups in total. The first kappa shape index (κ1) is 11.5. The maximum absolute atomic E-state index is 5.77. The van der Waals surface area contributed by atoms with Gasteiger partial charge in [-0.05, 0) is 31.2 Å². The van der Waals surface area contributed by atoms with Crippen LogP contribution in [0.25, 0.3) is 10.8 Å². The third-order valence-corrected chi connectivity index (χ3v) is 3.07. The van der Waals surface area contributed by atoms with Crippen molar-refractivity contribution in [2.24, 2.45) is 0 Å². The van der Waals surface area contributed by atoms with Crippen molar-refractivity contribution in [3.8, 4) is 0 Å². The second kappa shape index (κ2) is 4.57. The Morgan fingerprint density at radius 3 is 2.84 bits per heavy atom. The summed E-state index contributed by atoms with van der Waals surface area (Å²) in [6, 6.07) is 11.8. The smallest absolute Gasteiger partial charge is 0.130 e. The second-order valence-electron chi connectivity index (χ2n) is 4.40. The summed E-state index contributed by atoms with van der Waals surface area (Å²) < 4.78 is 0. The number of aromatic nitrogens is 2. The number of hydrogen-bond donors (Lipinski definition) is 2. The lowest BCUT2D eigenvalue weighted by atomic mass is 10.1. The lowest BCUT2D eigenvalue weighted by molar-refractivity contribution is 1.20. The molecule has 4 heteroatoms. The number of benzene rings is 1. The zero-order valence-electron chi connectivity index (χ0n) is 10.6. The van der Waals surface area contributed by atoms with Gasteiger partial charge in [-0.25, -0.2) is 4.98 Å². The number of rotatable bonds is 2. The second-order valence-corrected chi connectivity index (χ2v) is 4.40. The molecule has 4 nitrogen and oxygen atoms in total. The minimum absolute atomic E-state index is 0.702. The van der Waals surface area contributed by atoms with Crippen LogP contribution in [0, 0.1) is 6.92 Å². The van der Waals surface area contributed by atoms with Crippen molar-refractivity contribution in [2.75, 3.05) is 11.1 Å². The van der Waals surface area contributed by atoms with Gasteiger partial charge < -0.3 is 11.1 Å². The van der Waals surface area contributed by atoms with Gasteiger partial charge in [0, 0.05) is 28.9 Å². The van der Waals surface area contributed by atoms with E-state index in [2.05, 4.69) is 15.3 Å². The van der Waals surface area contributed by atoms with Crippen LogP contribution in [0.5, 0.6) is 0 Å². The van der Waals surface area contributed by atoms with Crippen molar-refractivity contribution in [1.82, 2.24) is 9.97 Å². The summed E-state index contributed by atoms with van der Waals surface area (Å²) in [6.07, 6.45) is 3.64. The third-order valence-electron chi connectivity index (χ3n) is 3.07. The molecule has 94 valence electrons. The van der Waals surface area contributed by atoms with Crippen molar-refractivity contribution in [1.29, 1.82) is 0 Å². The molecule has 2 heterocycles. The van der Waals surface area contributed by atoms with E-state index in [-0.39, 0.29) is 0 Å². The third kappa shape index (κ3) is 2.20. The first-order chi connectivity index (χ1) is 9.24. The molecule has 0 aliphatic rings. The summed E-state index contributed by atoms with van der Waals surface area (Å²) in [7, 11) is 0. The molecule has 19 heavy (non-hydrogen) atoms. The maximum atomic E-state index is 5.77. The van der Waals surface area contributed by atoms with Crippen molar-refractivity contribution in [2.45, 2.75) is 6.92 Å². The first-order valence-electron chi connectivity index (χ1n) is 6.07. The van der Waals surface area contributed by atoms with Gasteiger partial charge in [-0.2, -0.15) is 0 Å². The van der Waals surface area contributed by atoms with E-state index >= 15 is 0 Å². The van der Waals surface area contributed by atoms with E-state index < -0.39 is 0 Å². The van der Waals surface area contributed by atoms with Crippen LogP contribution in [0.3, 0.4) is 0 Å². The number of hydrogen-bond acceptors (Lipinski definition) is 4. The minimum atomic E-state index is 0.702. The Hall–Kier alpha value is -2.62. The van der Waals surface area contributed by atoms with Crippen molar-refractivity contribution < 1.29 is 0 Å². The lowest BCUT2D eigenvalue weighted by Crippen LogP contribution is -1.98. The number of nitrogens with zero attached hydrogens (tertiary/aromatic N) is 2. The number of aryl methyl sites for hydroxylation is 1. The fraction of sp³-hybridized carbons (Fsp3) is 0.0667. The van der Waals surface area contributed by atoms with Crippen LogP contribution >= 0.6 is 0 Å². The highest BCUT2D eigenvalue weighted by Gasteiger charge is 2.03. The molecule has 0 atom stereocenters. The molecular weight excluding hydrogens is 236 g/mol. The monoisotopic (exact) mass is 250 g/mol. The van der Waals surface area contributed by atoms with E-state index in [0.717, 1.165) is 28.0 Å². The summed E-state index contributed by atoms with van der Waals surface area (Å²) >= 11 is 0. The molecule has 0 aliphatic carbocycles. The van der Waals surface area contributed by atoms with E-state index in [9.17, 15) is 0 Å². The molecule has 0 saturated heterocycles. The average Bonchev–Trinajstić information content (AvgIpc) is 2.43. The molecule has 1 aromatic carbocycles. The quantitative estimate of drug-likeness (QED) is 0.732. The zero-order chi connectivity index (χ0) is 13.2. The Balaban J connectivity index is 2.03. The fourth-order valence-electron chi connectivity index (χ4n) is 2.01. The van der Waals surface area contributed by atoms with Crippen molar-refractivity contribution >= 4 is 28.0 Å². The Morgan fingerprint density at radius 2 is 2.00 bits per heavy atom. The topological polar surface area (TPSA) is 63.8 Å².